The zero-order valence-corrected chi connectivity index (χ0v) is 19.1. The van der Waals surface area contributed by atoms with Crippen LogP contribution in [0.25, 0.3) is 21.9 Å². The number of benzene rings is 3. The third-order valence-electron chi connectivity index (χ3n) is 6.49. The van der Waals surface area contributed by atoms with Gasteiger partial charge in [-0.2, -0.15) is 13.2 Å². The Labute approximate surface area is 200 Å². The van der Waals surface area contributed by atoms with Crippen LogP contribution in [0.5, 0.6) is 5.75 Å². The molecule has 1 nitrogen and oxygen atoms in total. The van der Waals surface area contributed by atoms with Crippen molar-refractivity contribution < 1.29 is 31.1 Å². The van der Waals surface area contributed by atoms with Crippen LogP contribution in [0.1, 0.15) is 44.6 Å². The van der Waals surface area contributed by atoms with E-state index in [4.69, 9.17) is 0 Å². The molecule has 0 saturated heterocycles. The average molecular weight is 490 g/mol. The molecule has 3 aromatic carbocycles. The minimum absolute atomic E-state index is 0.0720. The molecule has 0 aromatic heterocycles. The molecule has 0 amide bonds. The fourth-order valence-electron chi connectivity index (χ4n) is 4.49. The Kier molecular flexibility index (Phi) is 7.30. The lowest BCUT2D eigenvalue weighted by atomic mass is 9.81. The van der Waals surface area contributed by atoms with Gasteiger partial charge in [0.25, 0.3) is 0 Å². The standard InChI is InChI=1S/C28H24F6O/c1-2-17-3-5-18(6-4-17)7-8-19-9-11-22(24(29)13-19)20-10-12-23-21(14-20)15-25(30)27(26(23)31)35-16-28(32,33)34/h9-15,17-18H,2-6,16H2,1H3. The van der Waals surface area contributed by atoms with E-state index in [1.165, 1.54) is 43.5 Å². The van der Waals surface area contributed by atoms with Gasteiger partial charge in [-0.25, -0.2) is 13.2 Å². The van der Waals surface area contributed by atoms with E-state index in [1.807, 2.05) is 0 Å². The summed E-state index contributed by atoms with van der Waals surface area (Å²) in [7, 11) is 0. The summed E-state index contributed by atoms with van der Waals surface area (Å²) in [5.74, 6) is 3.25. The molecular weight excluding hydrogens is 466 g/mol. The minimum Gasteiger partial charge on any atom is -0.478 e. The molecule has 0 spiro atoms. The van der Waals surface area contributed by atoms with Crippen molar-refractivity contribution in [3.05, 3.63) is 65.5 Å². The van der Waals surface area contributed by atoms with Crippen LogP contribution < -0.4 is 4.74 Å². The average Bonchev–Trinajstić information content (AvgIpc) is 2.82. The van der Waals surface area contributed by atoms with E-state index < -0.39 is 36.0 Å². The van der Waals surface area contributed by atoms with Crippen LogP contribution in [0.15, 0.2) is 42.5 Å². The van der Waals surface area contributed by atoms with Gasteiger partial charge in [-0.15, -0.1) is 0 Å². The van der Waals surface area contributed by atoms with Gasteiger partial charge >= 0.3 is 6.18 Å². The molecule has 1 aliphatic rings. The van der Waals surface area contributed by atoms with E-state index in [1.54, 1.807) is 12.1 Å². The molecule has 0 heterocycles. The van der Waals surface area contributed by atoms with E-state index in [-0.39, 0.29) is 16.3 Å². The Hall–Kier alpha value is -3.14. The van der Waals surface area contributed by atoms with Crippen LogP contribution in [-0.4, -0.2) is 12.8 Å². The van der Waals surface area contributed by atoms with Crippen molar-refractivity contribution >= 4 is 10.8 Å². The van der Waals surface area contributed by atoms with Crippen molar-refractivity contribution in [2.24, 2.45) is 11.8 Å². The van der Waals surface area contributed by atoms with Gasteiger partial charge in [0.05, 0.1) is 0 Å². The number of rotatable bonds is 4. The van der Waals surface area contributed by atoms with E-state index in [0.717, 1.165) is 24.8 Å². The lowest BCUT2D eigenvalue weighted by Gasteiger charge is -2.24. The van der Waals surface area contributed by atoms with Gasteiger partial charge in [0, 0.05) is 22.4 Å². The Bertz CT molecular complexity index is 1280. The number of hydrogen-bond acceptors (Lipinski definition) is 1. The molecule has 7 heteroatoms. The predicted octanol–water partition coefficient (Wildman–Crippen LogP) is 8.43. The van der Waals surface area contributed by atoms with Crippen molar-refractivity contribution in [2.45, 2.75) is 45.2 Å². The number of alkyl halides is 3. The number of hydrogen-bond donors (Lipinski definition) is 0. The molecule has 0 unspecified atom stereocenters. The summed E-state index contributed by atoms with van der Waals surface area (Å²) < 4.78 is 85.3. The topological polar surface area (TPSA) is 9.23 Å². The van der Waals surface area contributed by atoms with E-state index in [9.17, 15) is 26.3 Å². The van der Waals surface area contributed by atoms with Crippen molar-refractivity contribution in [3.8, 4) is 28.7 Å². The number of ether oxygens (including phenoxy) is 1. The lowest BCUT2D eigenvalue weighted by Crippen LogP contribution is -2.20. The van der Waals surface area contributed by atoms with Crippen LogP contribution in [0.3, 0.4) is 0 Å². The molecular formula is C28H24F6O. The Morgan fingerprint density at radius 1 is 0.914 bits per heavy atom. The van der Waals surface area contributed by atoms with Crippen molar-refractivity contribution in [2.75, 3.05) is 6.61 Å². The summed E-state index contributed by atoms with van der Waals surface area (Å²) in [6.45, 7) is 0.388. The van der Waals surface area contributed by atoms with Gasteiger partial charge in [-0.3, -0.25) is 0 Å². The first-order valence-electron chi connectivity index (χ1n) is 11.6. The molecule has 0 N–H and O–H groups in total. The highest BCUT2D eigenvalue weighted by atomic mass is 19.4. The third-order valence-corrected chi connectivity index (χ3v) is 6.49. The van der Waals surface area contributed by atoms with Crippen LogP contribution >= 0.6 is 0 Å². The molecule has 184 valence electrons. The zero-order valence-electron chi connectivity index (χ0n) is 19.1. The SMILES string of the molecule is CCC1CCC(C#Cc2ccc(-c3ccc4c(F)c(OCC(F)(F)F)c(F)cc4c3)c(F)c2)CC1. The van der Waals surface area contributed by atoms with Gasteiger partial charge < -0.3 is 4.74 Å². The maximum absolute atomic E-state index is 14.9. The van der Waals surface area contributed by atoms with Crippen LogP contribution in [0.2, 0.25) is 0 Å². The Morgan fingerprint density at radius 2 is 1.66 bits per heavy atom. The summed E-state index contributed by atoms with van der Waals surface area (Å²) in [6.07, 6.45) is 0.900. The summed E-state index contributed by atoms with van der Waals surface area (Å²) in [5.41, 5.74) is 1.14. The first kappa shape index (κ1) is 25.0. The van der Waals surface area contributed by atoms with Crippen LogP contribution in [0.4, 0.5) is 26.3 Å². The van der Waals surface area contributed by atoms with E-state index >= 15 is 0 Å². The second-order valence-corrected chi connectivity index (χ2v) is 8.93. The third kappa shape index (κ3) is 5.93. The molecule has 1 fully saturated rings. The molecule has 35 heavy (non-hydrogen) atoms. The molecule has 3 aromatic rings. The maximum atomic E-state index is 14.9. The maximum Gasteiger partial charge on any atom is 0.422 e. The summed E-state index contributed by atoms with van der Waals surface area (Å²) in [4.78, 5) is 0. The van der Waals surface area contributed by atoms with Gasteiger partial charge in [0.15, 0.2) is 24.0 Å². The van der Waals surface area contributed by atoms with Crippen molar-refractivity contribution in [1.82, 2.24) is 0 Å². The quantitative estimate of drug-likeness (QED) is 0.263. The largest absolute Gasteiger partial charge is 0.478 e. The molecule has 1 saturated carbocycles. The molecule has 0 radical (unpaired) electrons. The summed E-state index contributed by atoms with van der Waals surface area (Å²) in [6, 6.07) is 9.53. The fourth-order valence-corrected chi connectivity index (χ4v) is 4.49. The number of halogens is 6. The molecule has 0 bridgehead atoms. The lowest BCUT2D eigenvalue weighted by molar-refractivity contribution is -0.154. The smallest absolute Gasteiger partial charge is 0.422 e. The second kappa shape index (κ2) is 10.2. The first-order valence-corrected chi connectivity index (χ1v) is 11.6. The Morgan fingerprint density at radius 3 is 2.31 bits per heavy atom. The summed E-state index contributed by atoms with van der Waals surface area (Å²) in [5, 5.41) is -0.0594. The van der Waals surface area contributed by atoms with Gasteiger partial charge in [0.1, 0.15) is 5.82 Å². The summed E-state index contributed by atoms with van der Waals surface area (Å²) >= 11 is 0. The van der Waals surface area contributed by atoms with Crippen LogP contribution in [0, 0.1) is 41.1 Å². The van der Waals surface area contributed by atoms with E-state index in [0.29, 0.717) is 17.0 Å². The van der Waals surface area contributed by atoms with Gasteiger partial charge in [0.2, 0.25) is 0 Å². The number of fused-ring (bicyclic) bond motifs is 1. The highest BCUT2D eigenvalue weighted by Crippen LogP contribution is 2.34. The fraction of sp³-hybridized carbons (Fsp3) is 0.357. The van der Waals surface area contributed by atoms with Gasteiger partial charge in [-0.1, -0.05) is 43.4 Å². The predicted molar refractivity (Wildman–Crippen MR) is 123 cm³/mol. The molecule has 1 aliphatic carbocycles. The molecule has 0 aliphatic heterocycles. The van der Waals surface area contributed by atoms with E-state index in [2.05, 4.69) is 23.5 Å². The second-order valence-electron chi connectivity index (χ2n) is 8.93. The minimum atomic E-state index is -4.74. The highest BCUT2D eigenvalue weighted by Gasteiger charge is 2.30. The van der Waals surface area contributed by atoms with Crippen molar-refractivity contribution in [1.29, 1.82) is 0 Å². The van der Waals surface area contributed by atoms with Gasteiger partial charge in [-0.05, 0) is 66.8 Å². The van der Waals surface area contributed by atoms with Crippen LogP contribution in [-0.2, 0) is 0 Å². The zero-order chi connectivity index (χ0) is 25.2. The molecule has 4 rings (SSSR count). The highest BCUT2D eigenvalue weighted by molar-refractivity contribution is 5.89. The van der Waals surface area contributed by atoms with Crippen molar-refractivity contribution in [3.63, 3.8) is 0 Å². The Balaban J connectivity index is 1.56. The monoisotopic (exact) mass is 490 g/mol. The first-order chi connectivity index (χ1) is 16.6. The molecule has 0 atom stereocenters. The normalized spacial score (nSPS) is 18.3.